The van der Waals surface area contributed by atoms with Crippen LogP contribution in [0.15, 0.2) is 63.9 Å². The van der Waals surface area contributed by atoms with Gasteiger partial charge in [0.15, 0.2) is 5.76 Å². The second-order valence-electron chi connectivity index (χ2n) is 10.3. The van der Waals surface area contributed by atoms with E-state index in [1.165, 1.54) is 24.3 Å². The van der Waals surface area contributed by atoms with Crippen LogP contribution in [0, 0.1) is 5.92 Å². The summed E-state index contributed by atoms with van der Waals surface area (Å²) in [5.74, 6) is -2.30. The molecule has 0 saturated carbocycles. The first-order chi connectivity index (χ1) is 19.0. The van der Waals surface area contributed by atoms with Crippen LogP contribution in [-0.4, -0.2) is 72.0 Å². The standard InChI is InChI=1S/C28H33N3O8S/c1-17(2)14-21(30-27(34)24-15-18-8-3-5-11-23(18)39-24)26(33)29-20-10-7-13-31(16-22(20)32)40(37,38)25-12-6-4-9-19(25)28(35)36/h3-6,8-9,11-12,15,17,20-22,32H,7,10,13-14,16H2,1-2H3,(H,29,33)(H,30,34)(H,35,36). The molecule has 11 nitrogen and oxygen atoms in total. The average molecular weight is 572 g/mol. The van der Waals surface area contributed by atoms with Gasteiger partial charge in [-0.05, 0) is 49.4 Å². The number of sulfonamides is 1. The van der Waals surface area contributed by atoms with E-state index in [1.807, 2.05) is 26.0 Å². The summed E-state index contributed by atoms with van der Waals surface area (Å²) in [6.45, 7) is 3.52. The van der Waals surface area contributed by atoms with E-state index in [0.717, 1.165) is 9.69 Å². The predicted molar refractivity (Wildman–Crippen MR) is 146 cm³/mol. The van der Waals surface area contributed by atoms with Crippen molar-refractivity contribution < 1.29 is 37.4 Å². The molecule has 2 aromatic carbocycles. The Morgan fingerprint density at radius 1 is 1.10 bits per heavy atom. The summed E-state index contributed by atoms with van der Waals surface area (Å²) in [6.07, 6.45) is -0.334. The number of benzene rings is 2. The number of carboxylic acids is 1. The first-order valence-corrected chi connectivity index (χ1v) is 14.5. The number of nitrogens with one attached hydrogen (secondary N) is 2. The SMILES string of the molecule is CC(C)CC(NC(=O)c1cc2ccccc2o1)C(=O)NC1CCCN(S(=O)(=O)c2ccccc2C(=O)O)CC1O. The first-order valence-electron chi connectivity index (χ1n) is 13.1. The molecule has 2 heterocycles. The Hall–Kier alpha value is -3.74. The zero-order chi connectivity index (χ0) is 29.0. The van der Waals surface area contributed by atoms with Crippen molar-refractivity contribution in [1.29, 1.82) is 0 Å². The molecule has 0 spiro atoms. The lowest BCUT2D eigenvalue weighted by atomic mass is 10.0. The zero-order valence-corrected chi connectivity index (χ0v) is 23.1. The number of aliphatic hydroxyl groups excluding tert-OH is 1. The molecule has 3 atom stereocenters. The van der Waals surface area contributed by atoms with Gasteiger partial charge in [0.05, 0.1) is 22.6 Å². The van der Waals surface area contributed by atoms with Crippen LogP contribution in [0.3, 0.4) is 0 Å². The zero-order valence-electron chi connectivity index (χ0n) is 22.2. The molecule has 1 saturated heterocycles. The fourth-order valence-electron chi connectivity index (χ4n) is 4.81. The summed E-state index contributed by atoms with van der Waals surface area (Å²) in [5, 5.41) is 26.6. The van der Waals surface area contributed by atoms with Gasteiger partial charge in [0, 0.05) is 18.5 Å². The molecule has 12 heteroatoms. The van der Waals surface area contributed by atoms with Gasteiger partial charge in [-0.1, -0.05) is 44.2 Å². The highest BCUT2D eigenvalue weighted by atomic mass is 32.2. The van der Waals surface area contributed by atoms with Crippen LogP contribution in [0.2, 0.25) is 0 Å². The van der Waals surface area contributed by atoms with Crippen LogP contribution in [-0.2, 0) is 14.8 Å². The summed E-state index contributed by atoms with van der Waals surface area (Å²) in [5.41, 5.74) is 0.187. The van der Waals surface area contributed by atoms with Gasteiger partial charge in [0.25, 0.3) is 5.91 Å². The third-order valence-electron chi connectivity index (χ3n) is 6.82. The smallest absolute Gasteiger partial charge is 0.337 e. The molecule has 214 valence electrons. The summed E-state index contributed by atoms with van der Waals surface area (Å²) < 4.78 is 33.3. The fourth-order valence-corrected chi connectivity index (χ4v) is 6.49. The van der Waals surface area contributed by atoms with E-state index in [2.05, 4.69) is 10.6 Å². The van der Waals surface area contributed by atoms with Gasteiger partial charge in [0.2, 0.25) is 15.9 Å². The number of hydrogen-bond acceptors (Lipinski definition) is 7. The number of carbonyl (C=O) groups is 3. The van der Waals surface area contributed by atoms with E-state index < -0.39 is 46.0 Å². The number of nitrogens with zero attached hydrogens (tertiary/aromatic N) is 1. The van der Waals surface area contributed by atoms with Crippen molar-refractivity contribution in [3.8, 4) is 0 Å². The van der Waals surface area contributed by atoms with Gasteiger partial charge in [-0.3, -0.25) is 9.59 Å². The molecule has 0 bridgehead atoms. The highest BCUT2D eigenvalue weighted by Gasteiger charge is 2.36. The second kappa shape index (κ2) is 12.2. The second-order valence-corrected chi connectivity index (χ2v) is 12.2. The molecule has 1 aliphatic rings. The van der Waals surface area contributed by atoms with Crippen molar-refractivity contribution in [3.05, 3.63) is 65.9 Å². The number of aromatic carboxylic acids is 1. The van der Waals surface area contributed by atoms with Crippen molar-refractivity contribution in [3.63, 3.8) is 0 Å². The van der Waals surface area contributed by atoms with Crippen molar-refractivity contribution in [2.75, 3.05) is 13.1 Å². The molecule has 0 radical (unpaired) electrons. The highest BCUT2D eigenvalue weighted by molar-refractivity contribution is 7.89. The maximum Gasteiger partial charge on any atom is 0.337 e. The van der Waals surface area contributed by atoms with Gasteiger partial charge in [0.1, 0.15) is 11.6 Å². The Kier molecular flexibility index (Phi) is 8.92. The van der Waals surface area contributed by atoms with Gasteiger partial charge >= 0.3 is 5.97 Å². The number of rotatable bonds is 9. The minimum absolute atomic E-state index is 0.0396. The Balaban J connectivity index is 1.46. The Labute approximate surface area is 232 Å². The Bertz CT molecular complexity index is 1470. The highest BCUT2D eigenvalue weighted by Crippen LogP contribution is 2.24. The van der Waals surface area contributed by atoms with Crippen LogP contribution >= 0.6 is 0 Å². The number of hydrogen-bond donors (Lipinski definition) is 4. The minimum Gasteiger partial charge on any atom is -0.478 e. The van der Waals surface area contributed by atoms with Crippen molar-refractivity contribution in [2.24, 2.45) is 5.92 Å². The van der Waals surface area contributed by atoms with Crippen molar-refractivity contribution in [2.45, 2.75) is 56.2 Å². The van der Waals surface area contributed by atoms with Crippen molar-refractivity contribution in [1.82, 2.24) is 14.9 Å². The maximum absolute atomic E-state index is 13.3. The topological polar surface area (TPSA) is 166 Å². The third kappa shape index (κ3) is 6.52. The lowest BCUT2D eigenvalue weighted by Crippen LogP contribution is -2.54. The Morgan fingerprint density at radius 2 is 1.80 bits per heavy atom. The van der Waals surface area contributed by atoms with Crippen molar-refractivity contribution >= 4 is 38.8 Å². The predicted octanol–water partition coefficient (Wildman–Crippen LogP) is 2.61. The van der Waals surface area contributed by atoms with Crippen LogP contribution < -0.4 is 10.6 Å². The molecule has 3 unspecified atom stereocenters. The molecule has 2 amide bonds. The number of furan rings is 1. The number of para-hydroxylation sites is 1. The fraction of sp³-hybridized carbons (Fsp3) is 0.393. The molecule has 1 aromatic heterocycles. The molecule has 0 aliphatic carbocycles. The van der Waals surface area contributed by atoms with Crippen LogP contribution in [0.5, 0.6) is 0 Å². The Morgan fingerprint density at radius 3 is 2.50 bits per heavy atom. The van der Waals surface area contributed by atoms with Crippen LogP contribution in [0.25, 0.3) is 11.0 Å². The average Bonchev–Trinajstić information content (AvgIpc) is 3.26. The van der Waals surface area contributed by atoms with E-state index in [1.54, 1.807) is 18.2 Å². The van der Waals surface area contributed by atoms with Gasteiger partial charge < -0.3 is 25.3 Å². The van der Waals surface area contributed by atoms with E-state index in [4.69, 9.17) is 4.42 Å². The summed E-state index contributed by atoms with van der Waals surface area (Å²) >= 11 is 0. The molecule has 4 rings (SSSR count). The number of β-amino-alcohol motifs (C(OH)–C–C–N with tert-alkyl or cyclic N) is 1. The van der Waals surface area contributed by atoms with Crippen LogP contribution in [0.4, 0.5) is 0 Å². The van der Waals surface area contributed by atoms with Gasteiger partial charge in [-0.2, -0.15) is 4.31 Å². The molecular formula is C28H33N3O8S. The maximum atomic E-state index is 13.3. The number of amides is 2. The molecule has 1 fully saturated rings. The quantitative estimate of drug-likeness (QED) is 0.304. The number of carbonyl (C=O) groups excluding carboxylic acids is 2. The van der Waals surface area contributed by atoms with E-state index >= 15 is 0 Å². The molecule has 3 aromatic rings. The lowest BCUT2D eigenvalue weighted by molar-refractivity contribution is -0.125. The number of aliphatic hydroxyl groups is 1. The number of fused-ring (bicyclic) bond motifs is 1. The van der Waals surface area contributed by atoms with Crippen LogP contribution in [0.1, 0.15) is 54.0 Å². The number of carboxylic acid groups (broad SMARTS) is 1. The lowest BCUT2D eigenvalue weighted by Gasteiger charge is -2.27. The summed E-state index contributed by atoms with van der Waals surface area (Å²) in [4.78, 5) is 37.5. The third-order valence-corrected chi connectivity index (χ3v) is 8.74. The summed E-state index contributed by atoms with van der Waals surface area (Å²) in [7, 11) is -4.22. The molecular weight excluding hydrogens is 538 g/mol. The largest absolute Gasteiger partial charge is 0.478 e. The van der Waals surface area contributed by atoms with Gasteiger partial charge in [-0.25, -0.2) is 13.2 Å². The molecule has 1 aliphatic heterocycles. The molecule has 4 N–H and O–H groups in total. The summed E-state index contributed by atoms with van der Waals surface area (Å²) in [6, 6.07) is 12.4. The monoisotopic (exact) mass is 571 g/mol. The first kappa shape index (κ1) is 29.2. The minimum atomic E-state index is -4.22. The van der Waals surface area contributed by atoms with E-state index in [0.29, 0.717) is 18.4 Å². The van der Waals surface area contributed by atoms with Gasteiger partial charge in [-0.15, -0.1) is 0 Å². The normalized spacial score (nSPS) is 19.2. The molecule has 40 heavy (non-hydrogen) atoms. The van der Waals surface area contributed by atoms with E-state index in [-0.39, 0.29) is 41.6 Å². The van der Waals surface area contributed by atoms with E-state index in [9.17, 15) is 33.0 Å².